The van der Waals surface area contributed by atoms with Crippen LogP contribution in [0.1, 0.15) is 44.6 Å². The quantitative estimate of drug-likeness (QED) is 0.694. The number of hydrogen-bond donors (Lipinski definition) is 0. The van der Waals surface area contributed by atoms with Gasteiger partial charge in [0, 0.05) is 6.42 Å². The number of hydrogen-bond acceptors (Lipinski definition) is 1. The molecule has 1 rings (SSSR count). The Bertz CT molecular complexity index is 277. The van der Waals surface area contributed by atoms with E-state index in [4.69, 9.17) is 0 Å². The van der Waals surface area contributed by atoms with E-state index in [1.807, 2.05) is 6.07 Å². The first-order chi connectivity index (χ1) is 6.70. The molecule has 14 heavy (non-hydrogen) atoms. The highest BCUT2D eigenvalue weighted by molar-refractivity contribution is 5.75. The minimum absolute atomic E-state index is 0.297. The third-order valence-electron chi connectivity index (χ3n) is 2.53. The van der Waals surface area contributed by atoms with Crippen molar-refractivity contribution in [1.29, 1.82) is 0 Å². The Hall–Kier alpha value is -1.11. The van der Waals surface area contributed by atoms with E-state index in [0.717, 1.165) is 19.3 Å². The Morgan fingerprint density at radius 1 is 1.29 bits per heavy atom. The van der Waals surface area contributed by atoms with Crippen molar-refractivity contribution < 1.29 is 4.79 Å². The summed E-state index contributed by atoms with van der Waals surface area (Å²) >= 11 is 0. The molecule has 0 heterocycles. The predicted octanol–water partition coefficient (Wildman–Crippen LogP) is 3.55. The zero-order chi connectivity index (χ0) is 10.4. The molecule has 0 N–H and O–H groups in total. The molecule has 0 aliphatic carbocycles. The van der Waals surface area contributed by atoms with Gasteiger partial charge in [-0.1, -0.05) is 37.3 Å². The Kier molecular flexibility index (Phi) is 4.37. The van der Waals surface area contributed by atoms with Gasteiger partial charge in [-0.2, -0.15) is 0 Å². The van der Waals surface area contributed by atoms with E-state index in [1.54, 1.807) is 6.92 Å². The second kappa shape index (κ2) is 5.58. The van der Waals surface area contributed by atoms with Gasteiger partial charge in [-0.3, -0.25) is 0 Å². The summed E-state index contributed by atoms with van der Waals surface area (Å²) in [5, 5.41) is 0. The number of benzene rings is 1. The third-order valence-corrected chi connectivity index (χ3v) is 2.53. The summed E-state index contributed by atoms with van der Waals surface area (Å²) in [6.45, 7) is 3.88. The van der Waals surface area contributed by atoms with E-state index >= 15 is 0 Å². The van der Waals surface area contributed by atoms with Crippen molar-refractivity contribution in [2.75, 3.05) is 0 Å². The lowest BCUT2D eigenvalue weighted by atomic mass is 9.95. The van der Waals surface area contributed by atoms with Gasteiger partial charge < -0.3 is 4.79 Å². The monoisotopic (exact) mass is 190 g/mol. The van der Waals surface area contributed by atoms with Crippen molar-refractivity contribution in [3.8, 4) is 0 Å². The number of ketones is 1. The first-order valence-electron chi connectivity index (χ1n) is 5.24. The van der Waals surface area contributed by atoms with Gasteiger partial charge in [-0.05, 0) is 31.2 Å². The summed E-state index contributed by atoms with van der Waals surface area (Å²) in [4.78, 5) is 10.8. The van der Waals surface area contributed by atoms with Crippen LogP contribution in [-0.4, -0.2) is 5.78 Å². The van der Waals surface area contributed by atoms with Crippen LogP contribution in [-0.2, 0) is 4.79 Å². The van der Waals surface area contributed by atoms with Crippen molar-refractivity contribution >= 4 is 5.78 Å². The second-order valence-corrected chi connectivity index (χ2v) is 3.91. The number of rotatable bonds is 5. The topological polar surface area (TPSA) is 17.1 Å². The molecule has 0 radical (unpaired) electrons. The van der Waals surface area contributed by atoms with E-state index in [2.05, 4.69) is 31.2 Å². The van der Waals surface area contributed by atoms with Crippen LogP contribution in [0, 0.1) is 0 Å². The molecule has 0 bridgehead atoms. The maximum Gasteiger partial charge on any atom is 0.129 e. The van der Waals surface area contributed by atoms with Crippen molar-refractivity contribution in [3.63, 3.8) is 0 Å². The third kappa shape index (κ3) is 3.73. The molecule has 1 nitrogen and oxygen atoms in total. The molecular weight excluding hydrogens is 172 g/mol. The fraction of sp³-hybridized carbons (Fsp3) is 0.462. The van der Waals surface area contributed by atoms with Crippen molar-refractivity contribution in [1.82, 2.24) is 0 Å². The van der Waals surface area contributed by atoms with Crippen LogP contribution < -0.4 is 0 Å². The zero-order valence-electron chi connectivity index (χ0n) is 8.99. The maximum absolute atomic E-state index is 10.8. The second-order valence-electron chi connectivity index (χ2n) is 3.91. The molecule has 0 saturated carbocycles. The molecule has 0 amide bonds. The fourth-order valence-corrected chi connectivity index (χ4v) is 1.61. The summed E-state index contributed by atoms with van der Waals surface area (Å²) in [5.74, 6) is 0.862. The van der Waals surface area contributed by atoms with E-state index in [9.17, 15) is 4.79 Å². The Balaban J connectivity index is 2.36. The molecular formula is C13H18O. The first kappa shape index (κ1) is 11.0. The molecule has 1 aromatic rings. The van der Waals surface area contributed by atoms with Gasteiger partial charge in [-0.15, -0.1) is 0 Å². The lowest BCUT2D eigenvalue weighted by molar-refractivity contribution is -0.117. The molecule has 0 fully saturated rings. The SMILES string of the molecule is CC(=O)CCCC(C)c1ccccc1. The number of carbonyl (C=O) groups is 1. The van der Waals surface area contributed by atoms with E-state index < -0.39 is 0 Å². The highest BCUT2D eigenvalue weighted by Gasteiger charge is 2.04. The van der Waals surface area contributed by atoms with Crippen LogP contribution in [0.4, 0.5) is 0 Å². The van der Waals surface area contributed by atoms with Gasteiger partial charge in [0.2, 0.25) is 0 Å². The standard InChI is InChI=1S/C13H18O/c1-11(7-6-8-12(2)14)13-9-4-3-5-10-13/h3-5,9-11H,6-8H2,1-2H3. The molecule has 76 valence electrons. The summed E-state index contributed by atoms with van der Waals surface area (Å²) in [5.41, 5.74) is 1.37. The van der Waals surface area contributed by atoms with Gasteiger partial charge in [0.1, 0.15) is 5.78 Å². The number of carbonyl (C=O) groups excluding carboxylic acids is 1. The lowest BCUT2D eigenvalue weighted by Gasteiger charge is -2.10. The van der Waals surface area contributed by atoms with E-state index in [1.165, 1.54) is 5.56 Å². The average Bonchev–Trinajstić information content (AvgIpc) is 2.18. The van der Waals surface area contributed by atoms with E-state index in [0.29, 0.717) is 11.7 Å². The number of Topliss-reactive ketones (excluding diaryl/α,β-unsaturated/α-hetero) is 1. The highest BCUT2D eigenvalue weighted by atomic mass is 16.1. The maximum atomic E-state index is 10.8. The van der Waals surface area contributed by atoms with Gasteiger partial charge in [0.15, 0.2) is 0 Å². The summed E-state index contributed by atoms with van der Waals surface area (Å²) in [7, 11) is 0. The molecule has 0 saturated heterocycles. The Morgan fingerprint density at radius 2 is 1.93 bits per heavy atom. The smallest absolute Gasteiger partial charge is 0.129 e. The minimum Gasteiger partial charge on any atom is -0.300 e. The van der Waals surface area contributed by atoms with Gasteiger partial charge in [-0.25, -0.2) is 0 Å². The van der Waals surface area contributed by atoms with Crippen LogP contribution >= 0.6 is 0 Å². The normalized spacial score (nSPS) is 12.4. The van der Waals surface area contributed by atoms with Crippen molar-refractivity contribution in [2.24, 2.45) is 0 Å². The predicted molar refractivity (Wildman–Crippen MR) is 59.4 cm³/mol. The van der Waals surface area contributed by atoms with Gasteiger partial charge in [0.05, 0.1) is 0 Å². The van der Waals surface area contributed by atoms with E-state index in [-0.39, 0.29) is 0 Å². The van der Waals surface area contributed by atoms with Crippen LogP contribution in [0.5, 0.6) is 0 Å². The van der Waals surface area contributed by atoms with Gasteiger partial charge >= 0.3 is 0 Å². The Morgan fingerprint density at radius 3 is 2.50 bits per heavy atom. The average molecular weight is 190 g/mol. The summed E-state index contributed by atoms with van der Waals surface area (Å²) in [6.07, 6.45) is 2.83. The van der Waals surface area contributed by atoms with Gasteiger partial charge in [0.25, 0.3) is 0 Å². The molecule has 1 heteroatoms. The van der Waals surface area contributed by atoms with Crippen LogP contribution in [0.2, 0.25) is 0 Å². The van der Waals surface area contributed by atoms with Crippen LogP contribution in [0.3, 0.4) is 0 Å². The fourth-order valence-electron chi connectivity index (χ4n) is 1.61. The summed E-state index contributed by atoms with van der Waals surface area (Å²) < 4.78 is 0. The molecule has 0 aromatic heterocycles. The first-order valence-corrected chi connectivity index (χ1v) is 5.24. The summed E-state index contributed by atoms with van der Waals surface area (Å²) in [6, 6.07) is 10.5. The largest absolute Gasteiger partial charge is 0.300 e. The molecule has 0 aliphatic rings. The van der Waals surface area contributed by atoms with Crippen LogP contribution in [0.15, 0.2) is 30.3 Å². The lowest BCUT2D eigenvalue weighted by Crippen LogP contribution is -1.96. The van der Waals surface area contributed by atoms with Crippen molar-refractivity contribution in [3.05, 3.63) is 35.9 Å². The highest BCUT2D eigenvalue weighted by Crippen LogP contribution is 2.20. The minimum atomic E-state index is 0.297. The van der Waals surface area contributed by atoms with Crippen molar-refractivity contribution in [2.45, 2.75) is 39.0 Å². The molecule has 0 spiro atoms. The zero-order valence-corrected chi connectivity index (χ0v) is 8.99. The molecule has 0 aliphatic heterocycles. The molecule has 1 atom stereocenters. The Labute approximate surface area is 86.1 Å². The molecule has 1 aromatic carbocycles. The van der Waals surface area contributed by atoms with Crippen LogP contribution in [0.25, 0.3) is 0 Å². The molecule has 1 unspecified atom stereocenters.